The van der Waals surface area contributed by atoms with Crippen LogP contribution in [0.25, 0.3) is 0 Å². The normalized spacial score (nSPS) is 11.7. The second-order valence-corrected chi connectivity index (χ2v) is 2.31. The van der Waals surface area contributed by atoms with E-state index in [1.165, 1.54) is 6.08 Å². The summed E-state index contributed by atoms with van der Waals surface area (Å²) < 4.78 is 0. The van der Waals surface area contributed by atoms with Crippen LogP contribution in [0, 0.1) is 11.3 Å². The lowest BCUT2D eigenvalue weighted by Crippen LogP contribution is -2.16. The number of allylic oxidation sites excluding steroid dienone is 2. The molecule has 0 heterocycles. The molecular weight excluding hydrogens is 128 g/mol. The third-order valence-corrected chi connectivity index (χ3v) is 1.07. The van der Waals surface area contributed by atoms with Crippen molar-refractivity contribution in [1.82, 2.24) is 0 Å². The summed E-state index contributed by atoms with van der Waals surface area (Å²) in [6.07, 6.45) is 2.30. The number of Topliss-reactive ketones (excluding diaryl/α,β-unsaturated/α-hetero) is 1. The number of hydrogen-bond acceptors (Lipinski definition) is 3. The van der Waals surface area contributed by atoms with Gasteiger partial charge in [-0.3, -0.25) is 4.79 Å². The van der Waals surface area contributed by atoms with E-state index in [1.807, 2.05) is 0 Å². The first-order valence-corrected chi connectivity index (χ1v) is 3.10. The Kier molecular flexibility index (Phi) is 3.39. The quantitative estimate of drug-likeness (QED) is 0.447. The van der Waals surface area contributed by atoms with Crippen molar-refractivity contribution in [2.45, 2.75) is 13.8 Å². The van der Waals surface area contributed by atoms with E-state index in [1.54, 1.807) is 13.8 Å². The van der Waals surface area contributed by atoms with Gasteiger partial charge in [-0.1, -0.05) is 13.8 Å². The molecule has 0 aliphatic carbocycles. The molecule has 0 unspecified atom stereocenters. The smallest absolute Gasteiger partial charge is 0.181 e. The zero-order chi connectivity index (χ0) is 8.15. The molecule has 56 valence electrons. The van der Waals surface area contributed by atoms with Crippen LogP contribution in [0.5, 0.6) is 0 Å². The number of ketones is 1. The molecule has 0 aromatic rings. The predicted octanol–water partition coefficient (Wildman–Crippen LogP) is 0.704. The standard InChI is InChI=1S/C7H12N2O/c1-5(2)7(10)6(9)3-4-8/h3-5,8H,9H2,1-2H3/b6-3-,8-4?. The Morgan fingerprint density at radius 2 is 2.10 bits per heavy atom. The zero-order valence-corrected chi connectivity index (χ0v) is 6.22. The van der Waals surface area contributed by atoms with Gasteiger partial charge < -0.3 is 11.1 Å². The molecule has 3 nitrogen and oxygen atoms in total. The zero-order valence-electron chi connectivity index (χ0n) is 6.22. The minimum atomic E-state index is -0.108. The minimum absolute atomic E-state index is 0.0869. The molecule has 3 N–H and O–H groups in total. The van der Waals surface area contributed by atoms with Crippen molar-refractivity contribution in [2.24, 2.45) is 11.7 Å². The fraction of sp³-hybridized carbons (Fsp3) is 0.429. The van der Waals surface area contributed by atoms with Crippen LogP contribution in [0.1, 0.15) is 13.8 Å². The van der Waals surface area contributed by atoms with Crippen molar-refractivity contribution >= 4 is 12.0 Å². The molecule has 3 heteroatoms. The van der Waals surface area contributed by atoms with Crippen LogP contribution in [0.3, 0.4) is 0 Å². The van der Waals surface area contributed by atoms with E-state index in [0.29, 0.717) is 0 Å². The minimum Gasteiger partial charge on any atom is -0.396 e. The lowest BCUT2D eigenvalue weighted by atomic mass is 10.1. The van der Waals surface area contributed by atoms with Gasteiger partial charge in [-0.05, 0) is 6.08 Å². The van der Waals surface area contributed by atoms with Gasteiger partial charge in [0, 0.05) is 12.1 Å². The summed E-state index contributed by atoms with van der Waals surface area (Å²) >= 11 is 0. The molecular formula is C7H12N2O. The first-order valence-electron chi connectivity index (χ1n) is 3.10. The van der Waals surface area contributed by atoms with Gasteiger partial charge in [-0.25, -0.2) is 0 Å². The van der Waals surface area contributed by atoms with Crippen LogP contribution >= 0.6 is 0 Å². The van der Waals surface area contributed by atoms with Crippen molar-refractivity contribution < 1.29 is 4.79 Å². The lowest BCUT2D eigenvalue weighted by molar-refractivity contribution is -0.118. The van der Waals surface area contributed by atoms with E-state index < -0.39 is 0 Å². The van der Waals surface area contributed by atoms with E-state index in [-0.39, 0.29) is 17.4 Å². The molecule has 0 saturated heterocycles. The van der Waals surface area contributed by atoms with Crippen molar-refractivity contribution in [3.05, 3.63) is 11.8 Å². The maximum atomic E-state index is 10.9. The highest BCUT2D eigenvalue weighted by atomic mass is 16.1. The lowest BCUT2D eigenvalue weighted by Gasteiger charge is -2.01. The van der Waals surface area contributed by atoms with E-state index in [2.05, 4.69) is 0 Å². The Hall–Kier alpha value is -1.12. The SMILES string of the molecule is CC(C)C(=O)/C(N)=C/C=N. The summed E-state index contributed by atoms with van der Waals surface area (Å²) in [7, 11) is 0. The molecule has 0 radical (unpaired) electrons. The maximum absolute atomic E-state index is 10.9. The second kappa shape index (κ2) is 3.82. The molecule has 0 saturated carbocycles. The maximum Gasteiger partial charge on any atom is 0.181 e. The summed E-state index contributed by atoms with van der Waals surface area (Å²) in [5, 5.41) is 6.63. The van der Waals surface area contributed by atoms with Crippen LogP contribution in [-0.2, 0) is 4.79 Å². The monoisotopic (exact) mass is 140 g/mol. The average molecular weight is 140 g/mol. The van der Waals surface area contributed by atoms with Gasteiger partial charge in [0.25, 0.3) is 0 Å². The van der Waals surface area contributed by atoms with Crippen LogP contribution < -0.4 is 5.73 Å². The highest BCUT2D eigenvalue weighted by Crippen LogP contribution is 1.98. The third-order valence-electron chi connectivity index (χ3n) is 1.07. The van der Waals surface area contributed by atoms with E-state index in [9.17, 15) is 4.79 Å². The fourth-order valence-corrected chi connectivity index (χ4v) is 0.505. The van der Waals surface area contributed by atoms with Gasteiger partial charge >= 0.3 is 0 Å². The molecule has 10 heavy (non-hydrogen) atoms. The third kappa shape index (κ3) is 2.44. The topological polar surface area (TPSA) is 66.9 Å². The first-order chi connectivity index (χ1) is 4.59. The van der Waals surface area contributed by atoms with Gasteiger partial charge in [0.05, 0.1) is 5.70 Å². The summed E-state index contributed by atoms with van der Waals surface area (Å²) in [6, 6.07) is 0. The molecule has 0 aromatic carbocycles. The molecule has 0 aliphatic heterocycles. The highest BCUT2D eigenvalue weighted by Gasteiger charge is 2.08. The Bertz CT molecular complexity index is 170. The van der Waals surface area contributed by atoms with Gasteiger partial charge in [-0.15, -0.1) is 0 Å². The van der Waals surface area contributed by atoms with Gasteiger partial charge in [-0.2, -0.15) is 0 Å². The van der Waals surface area contributed by atoms with E-state index >= 15 is 0 Å². The number of carbonyl (C=O) groups excluding carboxylic acids is 1. The fourth-order valence-electron chi connectivity index (χ4n) is 0.505. The number of rotatable bonds is 3. The summed E-state index contributed by atoms with van der Waals surface area (Å²) in [5.41, 5.74) is 5.45. The molecule has 0 amide bonds. The number of carbonyl (C=O) groups is 1. The highest BCUT2D eigenvalue weighted by molar-refractivity contribution is 5.98. The molecule has 0 atom stereocenters. The van der Waals surface area contributed by atoms with E-state index in [4.69, 9.17) is 11.1 Å². The number of hydrogen-bond donors (Lipinski definition) is 2. The Balaban J connectivity index is 4.21. The summed E-state index contributed by atoms with van der Waals surface area (Å²) in [5.74, 6) is -0.195. The Morgan fingerprint density at radius 3 is 2.40 bits per heavy atom. The second-order valence-electron chi connectivity index (χ2n) is 2.31. The van der Waals surface area contributed by atoms with E-state index in [0.717, 1.165) is 6.21 Å². The molecule has 0 aromatic heterocycles. The van der Waals surface area contributed by atoms with Gasteiger partial charge in [0.2, 0.25) is 0 Å². The first kappa shape index (κ1) is 8.88. The van der Waals surface area contributed by atoms with Crippen LogP contribution in [-0.4, -0.2) is 12.0 Å². The van der Waals surface area contributed by atoms with Crippen LogP contribution in [0.4, 0.5) is 0 Å². The van der Waals surface area contributed by atoms with Gasteiger partial charge in [0.1, 0.15) is 0 Å². The largest absolute Gasteiger partial charge is 0.396 e. The predicted molar refractivity (Wildman–Crippen MR) is 40.9 cm³/mol. The summed E-state index contributed by atoms with van der Waals surface area (Å²) in [6.45, 7) is 3.54. The Labute approximate surface area is 60.4 Å². The molecule has 0 fully saturated rings. The van der Waals surface area contributed by atoms with Crippen molar-refractivity contribution in [2.75, 3.05) is 0 Å². The van der Waals surface area contributed by atoms with Crippen LogP contribution in [0.2, 0.25) is 0 Å². The molecule has 0 bridgehead atoms. The van der Waals surface area contributed by atoms with Crippen LogP contribution in [0.15, 0.2) is 11.8 Å². The van der Waals surface area contributed by atoms with Crippen molar-refractivity contribution in [1.29, 1.82) is 5.41 Å². The molecule has 0 spiro atoms. The average Bonchev–Trinajstić information content (AvgIpc) is 1.87. The number of nitrogens with two attached hydrogens (primary N) is 1. The molecule has 0 rings (SSSR count). The molecule has 0 aliphatic rings. The van der Waals surface area contributed by atoms with Crippen molar-refractivity contribution in [3.8, 4) is 0 Å². The van der Waals surface area contributed by atoms with Crippen molar-refractivity contribution in [3.63, 3.8) is 0 Å². The Morgan fingerprint density at radius 1 is 1.60 bits per heavy atom. The van der Waals surface area contributed by atoms with Gasteiger partial charge in [0.15, 0.2) is 5.78 Å². The number of nitrogens with one attached hydrogen (secondary N) is 1. The summed E-state index contributed by atoms with van der Waals surface area (Å²) in [4.78, 5) is 10.9.